The summed E-state index contributed by atoms with van der Waals surface area (Å²) in [4.78, 5) is -1.10. The van der Waals surface area contributed by atoms with E-state index in [-0.39, 0.29) is 33.1 Å². The average molecular weight is 659 g/mol. The van der Waals surface area contributed by atoms with E-state index in [2.05, 4.69) is 20.5 Å². The lowest BCUT2D eigenvalue weighted by Crippen LogP contribution is -2.47. The molecule has 16 nitrogen and oxygen atoms in total. The second-order valence-corrected chi connectivity index (χ2v) is 15.1. The van der Waals surface area contributed by atoms with Gasteiger partial charge in [0.2, 0.25) is 4.08 Å². The Morgan fingerprint density at radius 3 is 1.60 bits per heavy atom. The number of rotatable bonds is 8. The third kappa shape index (κ3) is 6.34. The molecule has 0 bridgehead atoms. The van der Waals surface area contributed by atoms with E-state index in [4.69, 9.17) is 4.55 Å². The normalized spacial score (nSPS) is 16.0. The lowest BCUT2D eigenvalue weighted by Gasteiger charge is -2.29. The Balaban J connectivity index is 1.81. The Kier molecular flexibility index (Phi) is 8.03. The number of hydrogen-bond acceptors (Lipinski definition) is 12. The van der Waals surface area contributed by atoms with E-state index in [0.29, 0.717) is 6.08 Å². The number of fused-ring (bicyclic) bond motifs is 1. The molecule has 0 aromatic heterocycles. The van der Waals surface area contributed by atoms with Crippen molar-refractivity contribution in [2.24, 2.45) is 20.5 Å². The number of nitrogens with zero attached hydrogens (tertiary/aromatic N) is 4. The molecule has 0 fully saturated rings. The molecule has 1 aliphatic carbocycles. The summed E-state index contributed by atoms with van der Waals surface area (Å²) >= 11 is 0. The first kappa shape index (κ1) is 31.2. The fraction of sp³-hybridized carbons (Fsp3) is 0.0909. The quantitative estimate of drug-likeness (QED) is 0.199. The number of azo groups is 2. The van der Waals surface area contributed by atoms with Crippen molar-refractivity contribution in [1.29, 1.82) is 0 Å². The van der Waals surface area contributed by atoms with Crippen LogP contribution in [0, 0.1) is 0 Å². The van der Waals surface area contributed by atoms with Crippen LogP contribution in [0.1, 0.15) is 11.1 Å². The van der Waals surface area contributed by atoms with Gasteiger partial charge < -0.3 is 0 Å². The van der Waals surface area contributed by atoms with E-state index >= 15 is 0 Å². The maximum Gasteiger partial charge on any atom is 0.294 e. The summed E-state index contributed by atoms with van der Waals surface area (Å²) in [5, 5.41) is 15.8. The maximum absolute atomic E-state index is 12.3. The van der Waals surface area contributed by atoms with Crippen molar-refractivity contribution in [1.82, 2.24) is 0 Å². The van der Waals surface area contributed by atoms with Gasteiger partial charge in [-0.3, -0.25) is 18.2 Å². The van der Waals surface area contributed by atoms with E-state index in [1.807, 2.05) is 0 Å². The first-order valence-electron chi connectivity index (χ1n) is 11.1. The SMILES string of the molecule is O=S(=O)(O)c1ccc(N=Nc2ccccc2N=NC2=CC(S(=O)(=O)O)(S(=O)(=O)O)Cc3cc(S(=O)(=O)O)ccc32)cc1. The third-order valence-corrected chi connectivity index (χ3v) is 11.1. The Morgan fingerprint density at radius 1 is 0.595 bits per heavy atom. The Bertz CT molecular complexity index is 2080. The Hall–Kier alpha value is -3.76. The molecule has 3 aromatic rings. The molecule has 0 unspecified atom stereocenters. The molecule has 222 valence electrons. The lowest BCUT2D eigenvalue weighted by molar-refractivity contribution is 0.435. The highest BCUT2D eigenvalue weighted by atomic mass is 32.3. The van der Waals surface area contributed by atoms with Gasteiger partial charge in [-0.2, -0.15) is 43.9 Å². The average Bonchev–Trinajstić information content (AvgIpc) is 2.88. The van der Waals surface area contributed by atoms with Crippen LogP contribution < -0.4 is 0 Å². The smallest absolute Gasteiger partial charge is 0.284 e. The van der Waals surface area contributed by atoms with E-state index < -0.39 is 61.6 Å². The Labute approximate surface area is 239 Å². The van der Waals surface area contributed by atoms with Gasteiger partial charge in [0.15, 0.2) is 0 Å². The van der Waals surface area contributed by atoms with Crippen molar-refractivity contribution in [3.05, 3.63) is 83.9 Å². The topological polar surface area (TPSA) is 267 Å². The van der Waals surface area contributed by atoms with Crippen LogP contribution in [0.25, 0.3) is 5.70 Å². The zero-order valence-corrected chi connectivity index (χ0v) is 23.9. The van der Waals surface area contributed by atoms with Gasteiger partial charge >= 0.3 is 0 Å². The van der Waals surface area contributed by atoms with E-state index in [0.717, 1.165) is 30.3 Å². The fourth-order valence-corrected chi connectivity index (χ4v) is 7.09. The van der Waals surface area contributed by atoms with Crippen LogP contribution in [-0.4, -0.2) is 56.0 Å². The van der Waals surface area contributed by atoms with Gasteiger partial charge in [-0.25, -0.2) is 0 Å². The molecular weight excluding hydrogens is 641 g/mol. The molecule has 0 spiro atoms. The lowest BCUT2D eigenvalue weighted by atomic mass is 9.94. The molecule has 3 aromatic carbocycles. The van der Waals surface area contributed by atoms with Crippen molar-refractivity contribution < 1.29 is 51.9 Å². The molecule has 0 aliphatic heterocycles. The summed E-state index contributed by atoms with van der Waals surface area (Å²) < 4.78 is 130. The number of benzene rings is 3. The highest BCUT2D eigenvalue weighted by molar-refractivity contribution is 8.05. The zero-order chi connectivity index (χ0) is 31.1. The van der Waals surface area contributed by atoms with Crippen LogP contribution >= 0.6 is 0 Å². The zero-order valence-electron chi connectivity index (χ0n) is 20.6. The van der Waals surface area contributed by atoms with Crippen LogP contribution in [0.2, 0.25) is 0 Å². The molecule has 4 rings (SSSR count). The van der Waals surface area contributed by atoms with Crippen LogP contribution in [0.3, 0.4) is 0 Å². The molecule has 0 radical (unpaired) electrons. The van der Waals surface area contributed by atoms with Crippen LogP contribution in [0.15, 0.2) is 103 Å². The number of hydrogen-bond donors (Lipinski definition) is 4. The minimum absolute atomic E-state index is 0.00250. The van der Waals surface area contributed by atoms with Crippen molar-refractivity contribution in [2.75, 3.05) is 0 Å². The first-order valence-corrected chi connectivity index (χ1v) is 16.9. The monoisotopic (exact) mass is 658 g/mol. The second-order valence-electron chi connectivity index (χ2n) is 8.62. The molecule has 0 saturated heterocycles. The Morgan fingerprint density at radius 2 is 1.10 bits per heavy atom. The third-order valence-electron chi connectivity index (χ3n) is 5.87. The van der Waals surface area contributed by atoms with Crippen molar-refractivity contribution in [2.45, 2.75) is 20.3 Å². The standard InChI is InChI=1S/C22H18N4O12S4/c27-39(28,29)16-7-5-15(6-8-16)23-24-19-3-1-2-4-20(19)25-26-21-13-22(41(33,34)35,42(36,37)38)12-14-11-17(40(30,31)32)9-10-18(14)21/h1-11,13H,12H2,(H,27,28,29)(H,30,31,32)(H,33,34,35)(H,36,37,38). The van der Waals surface area contributed by atoms with Gasteiger partial charge in [-0.1, -0.05) is 18.2 Å². The van der Waals surface area contributed by atoms with Crippen LogP contribution in [0.4, 0.5) is 17.1 Å². The summed E-state index contributed by atoms with van der Waals surface area (Å²) in [6.45, 7) is 0. The predicted octanol–water partition coefficient (Wildman–Crippen LogP) is 3.75. The van der Waals surface area contributed by atoms with Gasteiger partial charge in [0.05, 0.1) is 21.2 Å². The predicted molar refractivity (Wildman–Crippen MR) is 145 cm³/mol. The van der Waals surface area contributed by atoms with E-state index in [9.17, 15) is 47.3 Å². The first-order chi connectivity index (χ1) is 19.3. The van der Waals surface area contributed by atoms with Gasteiger partial charge in [0, 0.05) is 12.0 Å². The molecule has 0 saturated carbocycles. The summed E-state index contributed by atoms with van der Waals surface area (Å²) in [6, 6.07) is 13.4. The molecular formula is C22H18N4O12S4. The van der Waals surface area contributed by atoms with Crippen molar-refractivity contribution in [3.8, 4) is 0 Å². The van der Waals surface area contributed by atoms with Gasteiger partial charge in [-0.15, -0.1) is 10.2 Å². The van der Waals surface area contributed by atoms with Crippen LogP contribution in [0.5, 0.6) is 0 Å². The second kappa shape index (κ2) is 10.8. The maximum atomic E-state index is 12.3. The van der Waals surface area contributed by atoms with Crippen molar-refractivity contribution >= 4 is 63.2 Å². The molecule has 0 atom stereocenters. The molecule has 1 aliphatic rings. The molecule has 20 heteroatoms. The molecule has 42 heavy (non-hydrogen) atoms. The summed E-state index contributed by atoms with van der Waals surface area (Å²) in [6.07, 6.45) is -0.693. The molecule has 0 amide bonds. The minimum atomic E-state index is -5.63. The minimum Gasteiger partial charge on any atom is -0.284 e. The largest absolute Gasteiger partial charge is 0.294 e. The highest BCUT2D eigenvalue weighted by Crippen LogP contribution is 2.41. The van der Waals surface area contributed by atoms with Gasteiger partial charge in [-0.05, 0) is 60.2 Å². The van der Waals surface area contributed by atoms with E-state index in [1.54, 1.807) is 6.07 Å². The summed E-state index contributed by atoms with van der Waals surface area (Å²) in [5.41, 5.74) is -0.623. The van der Waals surface area contributed by atoms with Crippen molar-refractivity contribution in [3.63, 3.8) is 0 Å². The van der Waals surface area contributed by atoms with E-state index in [1.165, 1.54) is 30.3 Å². The molecule has 4 N–H and O–H groups in total. The highest BCUT2D eigenvalue weighted by Gasteiger charge is 2.55. The van der Waals surface area contributed by atoms with Gasteiger partial charge in [0.25, 0.3) is 40.5 Å². The summed E-state index contributed by atoms with van der Waals surface area (Å²) in [5.74, 6) is 0. The van der Waals surface area contributed by atoms with Gasteiger partial charge in [0.1, 0.15) is 11.4 Å². The summed E-state index contributed by atoms with van der Waals surface area (Å²) in [7, 11) is -20.5. The molecule has 0 heterocycles. The fourth-order valence-electron chi connectivity index (χ4n) is 3.81. The van der Waals surface area contributed by atoms with Crippen LogP contribution in [-0.2, 0) is 46.9 Å².